The summed E-state index contributed by atoms with van der Waals surface area (Å²) in [5.41, 5.74) is 2.10. The van der Waals surface area contributed by atoms with Crippen LogP contribution in [0, 0.1) is 0 Å². The van der Waals surface area contributed by atoms with E-state index >= 15 is 0 Å². The molecule has 2 aromatic carbocycles. The van der Waals surface area contributed by atoms with Crippen LogP contribution in [-0.2, 0) is 26.0 Å². The Morgan fingerprint density at radius 3 is 2.38 bits per heavy atom. The van der Waals surface area contributed by atoms with E-state index in [1.165, 1.54) is 24.7 Å². The van der Waals surface area contributed by atoms with Crippen LogP contribution in [-0.4, -0.2) is 33.9 Å². The van der Waals surface area contributed by atoms with Crippen LogP contribution in [0.2, 0.25) is 5.02 Å². The molecule has 1 amide bonds. The molecule has 7 nitrogen and oxygen atoms in total. The molecule has 0 fully saturated rings. The second-order valence-electron chi connectivity index (χ2n) is 6.31. The van der Waals surface area contributed by atoms with Gasteiger partial charge in [-0.2, -0.15) is 0 Å². The normalized spacial score (nSPS) is 12.3. The predicted octanol–water partition coefficient (Wildman–Crippen LogP) is 2.84. The van der Waals surface area contributed by atoms with Crippen molar-refractivity contribution < 1.29 is 22.7 Å². The van der Waals surface area contributed by atoms with Crippen molar-refractivity contribution in [3.8, 4) is 0 Å². The van der Waals surface area contributed by atoms with E-state index in [9.17, 15) is 18.0 Å². The van der Waals surface area contributed by atoms with Gasteiger partial charge in [-0.25, -0.2) is 17.9 Å². The zero-order valence-corrected chi connectivity index (χ0v) is 17.9. The van der Waals surface area contributed by atoms with Crippen molar-refractivity contribution in [1.29, 1.82) is 0 Å². The summed E-state index contributed by atoms with van der Waals surface area (Å²) < 4.78 is 31.0. The molecule has 0 heterocycles. The molecule has 2 rings (SSSR count). The molecule has 2 aromatic rings. The first kappa shape index (κ1) is 22.9. The monoisotopic (exact) mass is 438 g/mol. The van der Waals surface area contributed by atoms with Gasteiger partial charge in [-0.05, 0) is 49.7 Å². The Balaban J connectivity index is 1.97. The summed E-state index contributed by atoms with van der Waals surface area (Å²) in [6.07, 6.45) is 0.930. The molecule has 0 saturated carbocycles. The number of benzene rings is 2. The lowest BCUT2D eigenvalue weighted by Gasteiger charge is -2.15. The predicted molar refractivity (Wildman–Crippen MR) is 110 cm³/mol. The first-order valence-corrected chi connectivity index (χ1v) is 10.8. The number of aryl methyl sites for hydroxylation is 1. The van der Waals surface area contributed by atoms with E-state index < -0.39 is 28.5 Å². The minimum atomic E-state index is -3.84. The van der Waals surface area contributed by atoms with Gasteiger partial charge in [-0.3, -0.25) is 4.79 Å². The van der Waals surface area contributed by atoms with E-state index in [1.807, 2.05) is 31.2 Å². The second-order valence-corrected chi connectivity index (χ2v) is 8.58. The maximum atomic E-state index is 12.2. The second kappa shape index (κ2) is 9.87. The molecule has 1 atom stereocenters. The van der Waals surface area contributed by atoms with Crippen molar-refractivity contribution in [2.24, 2.45) is 0 Å². The summed E-state index contributed by atoms with van der Waals surface area (Å²) in [7, 11) is -2.60. The van der Waals surface area contributed by atoms with Crippen molar-refractivity contribution >= 4 is 33.5 Å². The molecule has 1 unspecified atom stereocenters. The third-order valence-electron chi connectivity index (χ3n) is 4.32. The maximum Gasteiger partial charge on any atom is 0.338 e. The molecule has 0 spiro atoms. The molecule has 0 aliphatic carbocycles. The summed E-state index contributed by atoms with van der Waals surface area (Å²) in [5.74, 6) is -1.30. The number of hydrogen-bond acceptors (Lipinski definition) is 5. The Morgan fingerprint density at radius 2 is 1.79 bits per heavy atom. The fourth-order valence-electron chi connectivity index (χ4n) is 2.57. The standard InChI is InChI=1S/C20H23ClN2O5S/c1-4-14-5-7-15(8-6-14)13(2)23-19(24)12-28-20(25)16-9-10-17(21)18(11-16)29(26,27)22-3/h5-11,13,22H,4,12H2,1-3H3,(H,23,24). The fraction of sp³-hybridized carbons (Fsp3) is 0.300. The number of ether oxygens (including phenoxy) is 1. The van der Waals surface area contributed by atoms with Crippen molar-refractivity contribution in [3.63, 3.8) is 0 Å². The SMILES string of the molecule is CCc1ccc(C(C)NC(=O)COC(=O)c2ccc(Cl)c(S(=O)(=O)NC)c2)cc1. The molecule has 9 heteroatoms. The number of carbonyl (C=O) groups is 2. The lowest BCUT2D eigenvalue weighted by molar-refractivity contribution is -0.124. The molecule has 2 N–H and O–H groups in total. The number of amides is 1. The summed E-state index contributed by atoms with van der Waals surface area (Å²) >= 11 is 5.89. The van der Waals surface area contributed by atoms with Crippen LogP contribution in [0.3, 0.4) is 0 Å². The van der Waals surface area contributed by atoms with E-state index in [0.29, 0.717) is 0 Å². The lowest BCUT2D eigenvalue weighted by atomic mass is 10.1. The van der Waals surface area contributed by atoms with Gasteiger partial charge in [0.1, 0.15) is 4.90 Å². The Labute approximate surface area is 175 Å². The van der Waals surface area contributed by atoms with Crippen LogP contribution >= 0.6 is 11.6 Å². The van der Waals surface area contributed by atoms with Gasteiger partial charge in [-0.15, -0.1) is 0 Å². The Bertz CT molecular complexity index is 990. The highest BCUT2D eigenvalue weighted by molar-refractivity contribution is 7.89. The topological polar surface area (TPSA) is 102 Å². The van der Waals surface area contributed by atoms with Crippen LogP contribution in [0.25, 0.3) is 0 Å². The van der Waals surface area contributed by atoms with E-state index in [2.05, 4.69) is 17.0 Å². The van der Waals surface area contributed by atoms with E-state index in [-0.39, 0.29) is 21.5 Å². The number of hydrogen-bond donors (Lipinski definition) is 2. The molecular weight excluding hydrogens is 416 g/mol. The molecule has 0 radical (unpaired) electrons. The minimum absolute atomic E-state index is 0.0285. The van der Waals surface area contributed by atoms with Gasteiger partial charge in [0.15, 0.2) is 6.61 Å². The average molecular weight is 439 g/mol. The highest BCUT2D eigenvalue weighted by Crippen LogP contribution is 2.22. The molecule has 156 valence electrons. The lowest BCUT2D eigenvalue weighted by Crippen LogP contribution is -2.31. The number of rotatable bonds is 8. The number of carbonyl (C=O) groups excluding carboxylic acids is 2. The zero-order valence-electron chi connectivity index (χ0n) is 16.4. The third kappa shape index (κ3) is 6.03. The van der Waals surface area contributed by atoms with Gasteiger partial charge in [0.2, 0.25) is 10.0 Å². The molecule has 0 bridgehead atoms. The van der Waals surface area contributed by atoms with Crippen LogP contribution in [0.1, 0.15) is 41.4 Å². The van der Waals surface area contributed by atoms with Gasteiger partial charge in [-0.1, -0.05) is 42.8 Å². The Hall–Kier alpha value is -2.42. The number of halogens is 1. The summed E-state index contributed by atoms with van der Waals surface area (Å²) in [5, 5.41) is 2.72. The van der Waals surface area contributed by atoms with Crippen LogP contribution in [0.4, 0.5) is 0 Å². The third-order valence-corrected chi connectivity index (χ3v) is 6.22. The quantitative estimate of drug-likeness (QED) is 0.617. The highest BCUT2D eigenvalue weighted by atomic mass is 35.5. The Morgan fingerprint density at radius 1 is 1.14 bits per heavy atom. The number of nitrogens with one attached hydrogen (secondary N) is 2. The van der Waals surface area contributed by atoms with Crippen molar-refractivity contribution in [1.82, 2.24) is 10.0 Å². The van der Waals surface area contributed by atoms with Crippen molar-refractivity contribution in [2.75, 3.05) is 13.7 Å². The molecule has 0 aliphatic rings. The highest BCUT2D eigenvalue weighted by Gasteiger charge is 2.20. The number of esters is 1. The van der Waals surface area contributed by atoms with Crippen LogP contribution < -0.4 is 10.0 Å². The van der Waals surface area contributed by atoms with Gasteiger partial charge in [0.25, 0.3) is 5.91 Å². The van der Waals surface area contributed by atoms with Gasteiger partial charge >= 0.3 is 5.97 Å². The largest absolute Gasteiger partial charge is 0.452 e. The van der Waals surface area contributed by atoms with Gasteiger partial charge in [0, 0.05) is 0 Å². The van der Waals surface area contributed by atoms with Crippen LogP contribution in [0.5, 0.6) is 0 Å². The van der Waals surface area contributed by atoms with E-state index in [4.69, 9.17) is 16.3 Å². The van der Waals surface area contributed by atoms with Gasteiger partial charge in [0.05, 0.1) is 16.6 Å². The van der Waals surface area contributed by atoms with Crippen LogP contribution in [0.15, 0.2) is 47.4 Å². The molecule has 0 saturated heterocycles. The molecular formula is C20H23ClN2O5S. The Kier molecular flexibility index (Phi) is 7.78. The summed E-state index contributed by atoms with van der Waals surface area (Å²) in [6, 6.07) is 11.3. The van der Waals surface area contributed by atoms with Crippen molar-refractivity contribution in [2.45, 2.75) is 31.2 Å². The first-order valence-electron chi connectivity index (χ1n) is 8.96. The zero-order chi connectivity index (χ0) is 21.6. The van der Waals surface area contributed by atoms with E-state index in [1.54, 1.807) is 0 Å². The minimum Gasteiger partial charge on any atom is -0.452 e. The number of sulfonamides is 1. The maximum absolute atomic E-state index is 12.2. The van der Waals surface area contributed by atoms with Crippen molar-refractivity contribution in [3.05, 3.63) is 64.2 Å². The fourth-order valence-corrected chi connectivity index (χ4v) is 3.82. The average Bonchev–Trinajstić information content (AvgIpc) is 2.72. The smallest absolute Gasteiger partial charge is 0.338 e. The van der Waals surface area contributed by atoms with E-state index in [0.717, 1.165) is 18.1 Å². The van der Waals surface area contributed by atoms with Gasteiger partial charge < -0.3 is 10.1 Å². The molecule has 0 aliphatic heterocycles. The summed E-state index contributed by atoms with van der Waals surface area (Å²) in [4.78, 5) is 24.0. The summed E-state index contributed by atoms with van der Waals surface area (Å²) in [6.45, 7) is 3.40. The molecule has 29 heavy (non-hydrogen) atoms. The molecule has 0 aromatic heterocycles. The first-order chi connectivity index (χ1) is 13.7.